The molecule has 0 bridgehead atoms. The fourth-order valence-electron chi connectivity index (χ4n) is 5.58. The van der Waals surface area contributed by atoms with Crippen LogP contribution in [0.15, 0.2) is 79.0 Å². The lowest BCUT2D eigenvalue weighted by Crippen LogP contribution is -2.52. The molecule has 0 saturated carbocycles. The van der Waals surface area contributed by atoms with E-state index in [2.05, 4.69) is 10.3 Å². The molecule has 3 aromatic carbocycles. The number of amides is 2. The van der Waals surface area contributed by atoms with Gasteiger partial charge in [0.1, 0.15) is 22.8 Å². The quantitative estimate of drug-likeness (QED) is 0.311. The highest BCUT2D eigenvalue weighted by Gasteiger charge is 2.52. The van der Waals surface area contributed by atoms with Gasteiger partial charge in [0.05, 0.1) is 30.0 Å². The Bertz CT molecular complexity index is 1850. The summed E-state index contributed by atoms with van der Waals surface area (Å²) in [6.07, 6.45) is 1.74. The second kappa shape index (κ2) is 9.30. The number of anilines is 2. The summed E-state index contributed by atoms with van der Waals surface area (Å²) in [7, 11) is 1.53. The molecule has 1 unspecified atom stereocenters. The fourth-order valence-corrected chi connectivity index (χ4v) is 5.58. The van der Waals surface area contributed by atoms with E-state index in [-0.39, 0.29) is 23.9 Å². The SMILES string of the molecule is CCC1(NC(=O)c2cc3c4ccccc4n(C(C)=O)c3cn2)C(=O)N(c2ccc(F)cc2)c2ccc(OC)cc21. The average molecular weight is 537 g/mol. The number of aromatic nitrogens is 2. The zero-order chi connectivity index (χ0) is 28.2. The first-order valence-corrected chi connectivity index (χ1v) is 12.8. The Morgan fingerprint density at radius 1 is 1.00 bits per heavy atom. The summed E-state index contributed by atoms with van der Waals surface area (Å²) >= 11 is 0. The van der Waals surface area contributed by atoms with Crippen LogP contribution in [0.2, 0.25) is 0 Å². The molecule has 1 N–H and O–H groups in total. The molecule has 1 aliphatic rings. The summed E-state index contributed by atoms with van der Waals surface area (Å²) in [6, 6.07) is 19.9. The normalized spacial score (nSPS) is 16.4. The van der Waals surface area contributed by atoms with Crippen molar-refractivity contribution in [3.8, 4) is 5.75 Å². The van der Waals surface area contributed by atoms with Crippen LogP contribution in [0.3, 0.4) is 0 Å². The van der Waals surface area contributed by atoms with Crippen molar-refractivity contribution in [2.75, 3.05) is 12.0 Å². The highest BCUT2D eigenvalue weighted by atomic mass is 19.1. The number of fused-ring (bicyclic) bond motifs is 4. The van der Waals surface area contributed by atoms with E-state index in [9.17, 15) is 18.8 Å². The van der Waals surface area contributed by atoms with Gasteiger partial charge in [-0.15, -0.1) is 0 Å². The van der Waals surface area contributed by atoms with Crippen LogP contribution >= 0.6 is 0 Å². The number of nitrogens with one attached hydrogen (secondary N) is 1. The Hall–Kier alpha value is -5.05. The maximum Gasteiger partial charge on any atom is 0.271 e. The topological polar surface area (TPSA) is 93.5 Å². The maximum absolute atomic E-state index is 14.1. The number of hydrogen-bond acceptors (Lipinski definition) is 5. The van der Waals surface area contributed by atoms with E-state index in [1.807, 2.05) is 31.2 Å². The number of para-hydroxylation sites is 1. The van der Waals surface area contributed by atoms with E-state index in [0.29, 0.717) is 33.6 Å². The van der Waals surface area contributed by atoms with E-state index >= 15 is 0 Å². The molecule has 0 spiro atoms. The van der Waals surface area contributed by atoms with Crippen LogP contribution in [0.25, 0.3) is 21.8 Å². The van der Waals surface area contributed by atoms with Crippen LogP contribution < -0.4 is 15.0 Å². The highest BCUT2D eigenvalue weighted by Crippen LogP contribution is 2.47. The van der Waals surface area contributed by atoms with Gasteiger partial charge in [-0.25, -0.2) is 9.37 Å². The Morgan fingerprint density at radius 2 is 1.75 bits per heavy atom. The maximum atomic E-state index is 14.1. The van der Waals surface area contributed by atoms with Crippen molar-refractivity contribution in [2.45, 2.75) is 25.8 Å². The largest absolute Gasteiger partial charge is 0.497 e. The minimum atomic E-state index is -1.43. The minimum Gasteiger partial charge on any atom is -0.497 e. The van der Waals surface area contributed by atoms with Gasteiger partial charge in [0, 0.05) is 28.9 Å². The lowest BCUT2D eigenvalue weighted by Gasteiger charge is -2.29. The molecule has 6 rings (SSSR count). The summed E-state index contributed by atoms with van der Waals surface area (Å²) in [5.74, 6) is -0.999. The van der Waals surface area contributed by atoms with Crippen LogP contribution in [-0.4, -0.2) is 34.4 Å². The number of benzene rings is 3. The number of carbonyl (C=O) groups is 3. The lowest BCUT2D eigenvalue weighted by molar-refractivity contribution is -0.123. The molecule has 8 nitrogen and oxygen atoms in total. The number of carbonyl (C=O) groups excluding carboxylic acids is 3. The number of ether oxygens (including phenoxy) is 1. The Balaban J connectivity index is 1.46. The van der Waals surface area contributed by atoms with Gasteiger partial charge in [-0.05, 0) is 61.0 Å². The van der Waals surface area contributed by atoms with Gasteiger partial charge in [-0.3, -0.25) is 23.9 Å². The Kier molecular flexibility index (Phi) is 5.87. The molecule has 0 saturated heterocycles. The second-order valence-corrected chi connectivity index (χ2v) is 9.67. The van der Waals surface area contributed by atoms with Crippen LogP contribution in [0, 0.1) is 5.82 Å². The van der Waals surface area contributed by atoms with Gasteiger partial charge in [-0.2, -0.15) is 0 Å². The van der Waals surface area contributed by atoms with E-state index in [0.717, 1.165) is 10.9 Å². The van der Waals surface area contributed by atoms with Crippen molar-refractivity contribution in [3.63, 3.8) is 0 Å². The molecule has 0 fully saturated rings. The van der Waals surface area contributed by atoms with Gasteiger partial charge in [0.25, 0.3) is 11.8 Å². The molecule has 1 atom stereocenters. The third-order valence-electron chi connectivity index (χ3n) is 7.52. The number of methoxy groups -OCH3 is 1. The van der Waals surface area contributed by atoms with Gasteiger partial charge >= 0.3 is 0 Å². The number of rotatable bonds is 5. The van der Waals surface area contributed by atoms with Gasteiger partial charge in [0.15, 0.2) is 0 Å². The average Bonchev–Trinajstić information content (AvgIpc) is 3.42. The molecule has 9 heteroatoms. The molecular formula is C31H25FN4O4. The molecule has 0 radical (unpaired) electrons. The monoisotopic (exact) mass is 536 g/mol. The fraction of sp³-hybridized carbons (Fsp3) is 0.161. The molecule has 2 amide bonds. The summed E-state index contributed by atoms with van der Waals surface area (Å²) in [5, 5.41) is 4.48. The molecule has 1 aliphatic heterocycles. The minimum absolute atomic E-state index is 0.101. The van der Waals surface area contributed by atoms with Gasteiger partial charge < -0.3 is 10.1 Å². The molecule has 2 aromatic heterocycles. The first-order valence-electron chi connectivity index (χ1n) is 12.8. The highest BCUT2D eigenvalue weighted by molar-refractivity contribution is 6.16. The van der Waals surface area contributed by atoms with Crippen molar-refractivity contribution in [2.24, 2.45) is 0 Å². The first kappa shape index (κ1) is 25.2. The smallest absolute Gasteiger partial charge is 0.271 e. The second-order valence-electron chi connectivity index (χ2n) is 9.67. The van der Waals surface area contributed by atoms with Crippen LogP contribution in [0.1, 0.15) is 41.1 Å². The Morgan fingerprint density at radius 3 is 2.45 bits per heavy atom. The van der Waals surface area contributed by atoms with Crippen molar-refractivity contribution in [3.05, 3.63) is 96.1 Å². The number of pyridine rings is 1. The summed E-state index contributed by atoms with van der Waals surface area (Å²) in [5.41, 5.74) is 1.57. The standard InChI is InChI=1S/C31H25FN4O4/c1-4-31(24-15-21(40-3)13-14-27(24)36(30(31)39)20-11-9-19(32)10-12-20)34-29(38)25-16-23-22-7-5-6-8-26(22)35(18(2)37)28(23)17-33-25/h5-17H,4H2,1-3H3,(H,34,38). The summed E-state index contributed by atoms with van der Waals surface area (Å²) in [4.78, 5) is 46.2. The third kappa shape index (κ3) is 3.65. The van der Waals surface area contributed by atoms with Crippen LogP contribution in [0.4, 0.5) is 15.8 Å². The molecule has 5 aromatic rings. The summed E-state index contributed by atoms with van der Waals surface area (Å²) < 4.78 is 20.7. The van der Waals surface area contributed by atoms with Crippen molar-refractivity contribution in [1.82, 2.24) is 14.9 Å². The molecule has 40 heavy (non-hydrogen) atoms. The lowest BCUT2D eigenvalue weighted by atomic mass is 9.88. The van der Waals surface area contributed by atoms with Gasteiger partial charge in [-0.1, -0.05) is 25.1 Å². The van der Waals surface area contributed by atoms with Crippen molar-refractivity contribution >= 4 is 50.9 Å². The van der Waals surface area contributed by atoms with Crippen LogP contribution in [0.5, 0.6) is 5.75 Å². The molecule has 3 heterocycles. The van der Waals surface area contributed by atoms with Crippen molar-refractivity contribution in [1.29, 1.82) is 0 Å². The predicted molar refractivity (Wildman–Crippen MR) is 150 cm³/mol. The van der Waals surface area contributed by atoms with E-state index in [1.54, 1.807) is 28.8 Å². The van der Waals surface area contributed by atoms with E-state index in [4.69, 9.17) is 4.74 Å². The Labute approximate surface area is 229 Å². The zero-order valence-corrected chi connectivity index (χ0v) is 22.1. The molecule has 0 aliphatic carbocycles. The van der Waals surface area contributed by atoms with E-state index < -0.39 is 17.3 Å². The first-order chi connectivity index (χ1) is 19.3. The van der Waals surface area contributed by atoms with Gasteiger partial charge in [0.2, 0.25) is 5.91 Å². The zero-order valence-electron chi connectivity index (χ0n) is 22.1. The third-order valence-corrected chi connectivity index (χ3v) is 7.52. The molecule has 200 valence electrons. The predicted octanol–water partition coefficient (Wildman–Crippen LogP) is 5.71. The van der Waals surface area contributed by atoms with Crippen molar-refractivity contribution < 1.29 is 23.5 Å². The molecular weight excluding hydrogens is 511 g/mol. The number of halogens is 1. The number of hydrogen-bond donors (Lipinski definition) is 1. The van der Waals surface area contributed by atoms with Crippen LogP contribution in [-0.2, 0) is 10.3 Å². The van der Waals surface area contributed by atoms with E-state index in [1.165, 1.54) is 49.4 Å². The number of nitrogens with zero attached hydrogens (tertiary/aromatic N) is 3. The summed E-state index contributed by atoms with van der Waals surface area (Å²) in [6.45, 7) is 3.29.